The number of carbonyl (C=O) groups is 3. The van der Waals surface area contributed by atoms with Crippen molar-refractivity contribution in [2.24, 2.45) is 0 Å². The normalized spacial score (nSPS) is 11.4. The third-order valence-electron chi connectivity index (χ3n) is 7.96. The van der Waals surface area contributed by atoms with Gasteiger partial charge in [0.15, 0.2) is 11.6 Å². The molecule has 0 radical (unpaired) electrons. The Hall–Kier alpha value is -3.51. The van der Waals surface area contributed by atoms with Crippen molar-refractivity contribution in [2.45, 2.75) is 130 Å². The number of aliphatic hydroxyl groups is 1. The van der Waals surface area contributed by atoms with E-state index in [2.05, 4.69) is 6.92 Å². The number of phenols is 1. The van der Waals surface area contributed by atoms with Crippen molar-refractivity contribution in [3.8, 4) is 11.5 Å². The van der Waals surface area contributed by atoms with Crippen LogP contribution in [0.4, 0.5) is 0 Å². The van der Waals surface area contributed by atoms with E-state index in [0.717, 1.165) is 24.8 Å². The zero-order valence-corrected chi connectivity index (χ0v) is 27.5. The van der Waals surface area contributed by atoms with Gasteiger partial charge < -0.3 is 14.9 Å². The molecule has 0 fully saturated rings. The molecule has 0 aliphatic rings. The number of ether oxygens (including phenoxy) is 1. The highest BCUT2D eigenvalue weighted by Crippen LogP contribution is 2.23. The molecular weight excluding hydrogens is 564 g/mol. The van der Waals surface area contributed by atoms with Gasteiger partial charge in [-0.3, -0.25) is 14.4 Å². The maximum Gasteiger partial charge on any atom is 0.311 e. The summed E-state index contributed by atoms with van der Waals surface area (Å²) in [4.78, 5) is 36.9. The number of hydrogen-bond donors (Lipinski definition) is 2. The van der Waals surface area contributed by atoms with Gasteiger partial charge in [0.05, 0.1) is 13.0 Å². The van der Waals surface area contributed by atoms with E-state index in [-0.39, 0.29) is 36.3 Å². The van der Waals surface area contributed by atoms with E-state index >= 15 is 0 Å². The average Bonchev–Trinajstić information content (AvgIpc) is 3.03. The number of aromatic hydroxyl groups is 1. The Balaban J connectivity index is 1.62. The molecule has 246 valence electrons. The number of ketones is 2. The summed E-state index contributed by atoms with van der Waals surface area (Å²) in [6.07, 6.45) is 24.9. The van der Waals surface area contributed by atoms with Gasteiger partial charge in [-0.2, -0.15) is 0 Å². The van der Waals surface area contributed by atoms with Gasteiger partial charge in [-0.05, 0) is 66.5 Å². The molecule has 6 heteroatoms. The third kappa shape index (κ3) is 16.9. The Morgan fingerprint density at radius 2 is 1.18 bits per heavy atom. The zero-order chi connectivity index (χ0) is 32.7. The van der Waals surface area contributed by atoms with Crippen LogP contribution in [0.25, 0.3) is 12.2 Å². The molecule has 0 bridgehead atoms. The largest absolute Gasteiger partial charge is 0.508 e. The van der Waals surface area contributed by atoms with E-state index in [0.29, 0.717) is 28.9 Å². The number of rotatable bonds is 24. The Morgan fingerprint density at radius 1 is 0.689 bits per heavy atom. The zero-order valence-electron chi connectivity index (χ0n) is 27.5. The Morgan fingerprint density at radius 3 is 1.69 bits per heavy atom. The predicted octanol–water partition coefficient (Wildman–Crippen LogP) is 9.61. The van der Waals surface area contributed by atoms with Crippen LogP contribution >= 0.6 is 0 Å². The maximum atomic E-state index is 12.4. The molecule has 45 heavy (non-hydrogen) atoms. The van der Waals surface area contributed by atoms with Crippen LogP contribution in [0.3, 0.4) is 0 Å². The summed E-state index contributed by atoms with van der Waals surface area (Å²) in [5.74, 6) is -0.493. The van der Waals surface area contributed by atoms with Gasteiger partial charge in [-0.15, -0.1) is 0 Å². The van der Waals surface area contributed by atoms with Crippen molar-refractivity contribution in [3.63, 3.8) is 0 Å². The second kappa shape index (κ2) is 22.9. The quantitative estimate of drug-likeness (QED) is 0.0399. The van der Waals surface area contributed by atoms with E-state index in [1.54, 1.807) is 55.5 Å². The summed E-state index contributed by atoms with van der Waals surface area (Å²) < 4.78 is 5.51. The fourth-order valence-corrected chi connectivity index (χ4v) is 5.19. The number of hydrogen-bond acceptors (Lipinski definition) is 6. The molecule has 2 aromatic carbocycles. The van der Waals surface area contributed by atoms with Crippen LogP contribution in [-0.4, -0.2) is 27.7 Å². The van der Waals surface area contributed by atoms with E-state index in [4.69, 9.17) is 4.74 Å². The first-order chi connectivity index (χ1) is 21.8. The van der Waals surface area contributed by atoms with Gasteiger partial charge in [0.25, 0.3) is 0 Å². The second-order valence-electron chi connectivity index (χ2n) is 12.0. The van der Waals surface area contributed by atoms with Crippen LogP contribution in [0, 0.1) is 6.92 Å². The summed E-state index contributed by atoms with van der Waals surface area (Å²) in [5, 5.41) is 19.4. The van der Waals surface area contributed by atoms with Gasteiger partial charge >= 0.3 is 5.97 Å². The van der Waals surface area contributed by atoms with Crippen molar-refractivity contribution in [1.82, 2.24) is 0 Å². The molecule has 0 aliphatic carbocycles. The minimum Gasteiger partial charge on any atom is -0.508 e. The number of aryl methyl sites for hydroxylation is 1. The summed E-state index contributed by atoms with van der Waals surface area (Å²) in [6.45, 7) is 3.72. The lowest BCUT2D eigenvalue weighted by atomic mass is 10.0. The lowest BCUT2D eigenvalue weighted by molar-refractivity contribution is -0.134. The van der Waals surface area contributed by atoms with Crippen molar-refractivity contribution in [1.29, 1.82) is 0 Å². The predicted molar refractivity (Wildman–Crippen MR) is 183 cm³/mol. The molecule has 0 aliphatic heterocycles. The van der Waals surface area contributed by atoms with Crippen LogP contribution in [0.5, 0.6) is 11.5 Å². The van der Waals surface area contributed by atoms with Crippen LogP contribution in [0.15, 0.2) is 48.6 Å². The minimum atomic E-state index is -0.351. The topological polar surface area (TPSA) is 101 Å². The fourth-order valence-electron chi connectivity index (χ4n) is 5.19. The molecule has 0 saturated carbocycles. The molecule has 0 atom stereocenters. The number of aliphatic hydroxyl groups excluding tert-OH is 1. The van der Waals surface area contributed by atoms with Gasteiger partial charge in [0, 0.05) is 12.0 Å². The number of esters is 1. The first-order valence-electron chi connectivity index (χ1n) is 17.0. The van der Waals surface area contributed by atoms with Crippen LogP contribution in [-0.2, 0) is 21.0 Å². The highest BCUT2D eigenvalue weighted by Gasteiger charge is 2.10. The number of carbonyl (C=O) groups excluding carboxylic acids is 3. The summed E-state index contributed by atoms with van der Waals surface area (Å²) in [6, 6.07) is 9.98. The molecule has 0 spiro atoms. The van der Waals surface area contributed by atoms with Gasteiger partial charge in [-0.1, -0.05) is 121 Å². The monoisotopic (exact) mass is 618 g/mol. The average molecular weight is 619 g/mol. The van der Waals surface area contributed by atoms with Crippen molar-refractivity contribution in [2.75, 3.05) is 0 Å². The van der Waals surface area contributed by atoms with E-state index in [1.807, 2.05) is 0 Å². The first kappa shape index (κ1) is 37.7. The molecular formula is C39H54O6. The third-order valence-corrected chi connectivity index (χ3v) is 7.96. The SMILES string of the molecule is CCCCCCCCCCCCCCCCCC(=O)Oc1ccc(/C=C/C(=O)CC(=O)/C=C/c2ccc(O)c(C)c2)cc1CO. The van der Waals surface area contributed by atoms with E-state index < -0.39 is 0 Å². The Labute approximate surface area is 270 Å². The second-order valence-corrected chi connectivity index (χ2v) is 12.0. The highest BCUT2D eigenvalue weighted by molar-refractivity contribution is 6.10. The van der Waals surface area contributed by atoms with Crippen molar-refractivity contribution < 1.29 is 29.3 Å². The van der Waals surface area contributed by atoms with Crippen LogP contribution in [0.1, 0.15) is 138 Å². The maximum absolute atomic E-state index is 12.4. The van der Waals surface area contributed by atoms with Gasteiger partial charge in [0.2, 0.25) is 0 Å². The van der Waals surface area contributed by atoms with Crippen LogP contribution in [0.2, 0.25) is 0 Å². The molecule has 0 saturated heterocycles. The van der Waals surface area contributed by atoms with E-state index in [9.17, 15) is 24.6 Å². The lowest BCUT2D eigenvalue weighted by Gasteiger charge is -2.09. The van der Waals surface area contributed by atoms with Crippen LogP contribution < -0.4 is 4.74 Å². The standard InChI is InChI=1S/C39H54O6/c1-3-4-5-6-7-8-9-10-11-12-13-14-15-16-17-18-39(44)45-38-26-22-33(28-34(38)30-40)20-24-36(42)29-35(41)23-19-32-21-25-37(43)31(2)27-32/h19-28,40,43H,3-18,29-30H2,1-2H3/b23-19+,24-20+. The fraction of sp³-hybridized carbons (Fsp3) is 0.513. The molecule has 0 unspecified atom stereocenters. The minimum absolute atomic E-state index is 0.185. The molecule has 0 heterocycles. The number of unbranched alkanes of at least 4 members (excludes halogenated alkanes) is 14. The highest BCUT2D eigenvalue weighted by atomic mass is 16.5. The van der Waals surface area contributed by atoms with Gasteiger partial charge in [-0.25, -0.2) is 0 Å². The van der Waals surface area contributed by atoms with Crippen molar-refractivity contribution in [3.05, 3.63) is 70.8 Å². The first-order valence-corrected chi connectivity index (χ1v) is 17.0. The number of allylic oxidation sites excluding steroid dienone is 2. The number of phenolic OH excluding ortho intramolecular Hbond substituents is 1. The van der Waals surface area contributed by atoms with E-state index in [1.165, 1.54) is 89.2 Å². The molecule has 6 nitrogen and oxygen atoms in total. The molecule has 0 aromatic heterocycles. The molecule has 2 aromatic rings. The molecule has 0 amide bonds. The van der Waals surface area contributed by atoms with Gasteiger partial charge in [0.1, 0.15) is 11.5 Å². The molecule has 2 rings (SSSR count). The Bertz CT molecular complexity index is 1240. The summed E-state index contributed by atoms with van der Waals surface area (Å²) in [7, 11) is 0. The number of benzene rings is 2. The summed E-state index contributed by atoms with van der Waals surface area (Å²) in [5.41, 5.74) is 2.57. The Kier molecular flexibility index (Phi) is 19.2. The molecule has 2 N–H and O–H groups in total. The lowest BCUT2D eigenvalue weighted by Crippen LogP contribution is -2.09. The van der Waals surface area contributed by atoms with Crippen molar-refractivity contribution >= 4 is 29.7 Å². The summed E-state index contributed by atoms with van der Waals surface area (Å²) >= 11 is 0. The smallest absolute Gasteiger partial charge is 0.311 e.